The molecule has 0 saturated heterocycles. The van der Waals surface area contributed by atoms with Crippen LogP contribution in [0.5, 0.6) is 11.5 Å². The van der Waals surface area contributed by atoms with E-state index in [2.05, 4.69) is 10.6 Å². The van der Waals surface area contributed by atoms with Crippen molar-refractivity contribution in [3.63, 3.8) is 0 Å². The summed E-state index contributed by atoms with van der Waals surface area (Å²) in [5.41, 5.74) is 0.701. The van der Waals surface area contributed by atoms with Gasteiger partial charge in [-0.05, 0) is 12.1 Å². The van der Waals surface area contributed by atoms with E-state index in [0.717, 1.165) is 0 Å². The number of carbonyl (C=O) groups excluding carboxylic acids is 1. The van der Waals surface area contributed by atoms with Crippen molar-refractivity contribution in [1.29, 1.82) is 0 Å². The molecule has 5 heteroatoms. The van der Waals surface area contributed by atoms with Crippen LogP contribution in [0.1, 0.15) is 20.3 Å². The first-order valence-electron chi connectivity index (χ1n) is 6.32. The maximum absolute atomic E-state index is 11.7. The van der Waals surface area contributed by atoms with E-state index < -0.39 is 0 Å². The topological polar surface area (TPSA) is 59.6 Å². The van der Waals surface area contributed by atoms with Gasteiger partial charge < -0.3 is 20.1 Å². The lowest BCUT2D eigenvalue weighted by Crippen LogP contribution is -2.27. The average Bonchev–Trinajstić information content (AvgIpc) is 2.38. The lowest BCUT2D eigenvalue weighted by molar-refractivity contribution is -0.116. The maximum Gasteiger partial charge on any atom is 0.225 e. The third kappa shape index (κ3) is 5.18. The molecule has 0 heterocycles. The quantitative estimate of drug-likeness (QED) is 0.793. The monoisotopic (exact) mass is 266 g/mol. The van der Waals surface area contributed by atoms with Crippen molar-refractivity contribution in [3.05, 3.63) is 18.2 Å². The summed E-state index contributed by atoms with van der Waals surface area (Å²) in [7, 11) is 3.14. The smallest absolute Gasteiger partial charge is 0.225 e. The highest BCUT2D eigenvalue weighted by molar-refractivity contribution is 5.91. The minimum absolute atomic E-state index is 0.0274. The lowest BCUT2D eigenvalue weighted by Gasteiger charge is -2.11. The van der Waals surface area contributed by atoms with Gasteiger partial charge in [-0.25, -0.2) is 0 Å². The summed E-state index contributed by atoms with van der Waals surface area (Å²) < 4.78 is 10.3. The first-order chi connectivity index (χ1) is 9.06. The van der Waals surface area contributed by atoms with Crippen LogP contribution in [0, 0.1) is 0 Å². The zero-order valence-electron chi connectivity index (χ0n) is 11.9. The van der Waals surface area contributed by atoms with Crippen LogP contribution >= 0.6 is 0 Å². The van der Waals surface area contributed by atoms with Crippen molar-refractivity contribution in [3.8, 4) is 11.5 Å². The average molecular weight is 266 g/mol. The van der Waals surface area contributed by atoms with Gasteiger partial charge in [-0.1, -0.05) is 13.8 Å². The number of amides is 1. The van der Waals surface area contributed by atoms with Crippen molar-refractivity contribution < 1.29 is 14.3 Å². The van der Waals surface area contributed by atoms with Crippen LogP contribution in [0.4, 0.5) is 5.69 Å². The van der Waals surface area contributed by atoms with E-state index in [1.807, 2.05) is 13.8 Å². The van der Waals surface area contributed by atoms with E-state index in [4.69, 9.17) is 9.47 Å². The largest absolute Gasteiger partial charge is 0.493 e. The summed E-state index contributed by atoms with van der Waals surface area (Å²) in [4.78, 5) is 11.7. The predicted octanol–water partition coefficient (Wildman–Crippen LogP) is 2.03. The molecule has 0 fully saturated rings. The molecule has 1 amide bonds. The Kier molecular flexibility index (Phi) is 6.15. The van der Waals surface area contributed by atoms with Crippen molar-refractivity contribution in [2.75, 3.05) is 26.1 Å². The summed E-state index contributed by atoms with van der Waals surface area (Å²) in [6.07, 6.45) is 0.437. The Morgan fingerprint density at radius 3 is 2.47 bits per heavy atom. The van der Waals surface area contributed by atoms with Crippen molar-refractivity contribution in [2.45, 2.75) is 26.3 Å². The Morgan fingerprint density at radius 1 is 1.21 bits per heavy atom. The van der Waals surface area contributed by atoms with Gasteiger partial charge in [-0.2, -0.15) is 0 Å². The van der Waals surface area contributed by atoms with Crippen LogP contribution in [0.25, 0.3) is 0 Å². The van der Waals surface area contributed by atoms with Gasteiger partial charge in [0.1, 0.15) is 0 Å². The molecule has 2 N–H and O–H groups in total. The first-order valence-corrected chi connectivity index (χ1v) is 6.32. The second-order valence-electron chi connectivity index (χ2n) is 4.48. The van der Waals surface area contributed by atoms with Crippen molar-refractivity contribution >= 4 is 11.6 Å². The molecule has 0 saturated carbocycles. The molecule has 5 nitrogen and oxygen atoms in total. The fourth-order valence-corrected chi connectivity index (χ4v) is 1.61. The van der Waals surface area contributed by atoms with E-state index in [1.54, 1.807) is 32.4 Å². The molecular formula is C14H22N2O3. The highest BCUT2D eigenvalue weighted by Gasteiger charge is 2.07. The van der Waals surface area contributed by atoms with Gasteiger partial charge in [0.2, 0.25) is 5.91 Å². The number of hydrogen-bond donors (Lipinski definition) is 2. The first kappa shape index (κ1) is 15.3. The number of rotatable bonds is 7. The van der Waals surface area contributed by atoms with Crippen molar-refractivity contribution in [2.24, 2.45) is 0 Å². The molecule has 1 rings (SSSR count). The Balaban J connectivity index is 2.54. The Hall–Kier alpha value is -1.75. The van der Waals surface area contributed by atoms with Crippen LogP contribution in [0.2, 0.25) is 0 Å². The highest BCUT2D eigenvalue weighted by atomic mass is 16.5. The van der Waals surface area contributed by atoms with E-state index in [9.17, 15) is 4.79 Å². The molecule has 19 heavy (non-hydrogen) atoms. The van der Waals surface area contributed by atoms with Crippen LogP contribution in [0.3, 0.4) is 0 Å². The minimum Gasteiger partial charge on any atom is -0.493 e. The number of hydrogen-bond acceptors (Lipinski definition) is 4. The number of anilines is 1. The molecule has 0 aliphatic rings. The van der Waals surface area contributed by atoms with Gasteiger partial charge in [0.05, 0.1) is 14.2 Å². The zero-order chi connectivity index (χ0) is 14.3. The number of carbonyl (C=O) groups is 1. The van der Waals surface area contributed by atoms with Gasteiger partial charge >= 0.3 is 0 Å². The highest BCUT2D eigenvalue weighted by Crippen LogP contribution is 2.29. The molecule has 0 atom stereocenters. The minimum atomic E-state index is -0.0274. The van der Waals surface area contributed by atoms with Crippen LogP contribution in [-0.4, -0.2) is 32.7 Å². The summed E-state index contributed by atoms with van der Waals surface area (Å²) in [5.74, 6) is 1.21. The van der Waals surface area contributed by atoms with E-state index >= 15 is 0 Å². The Bertz CT molecular complexity index is 419. The summed E-state index contributed by atoms with van der Waals surface area (Å²) >= 11 is 0. The summed E-state index contributed by atoms with van der Waals surface area (Å²) in [6, 6.07) is 5.68. The molecule has 106 valence electrons. The molecule has 0 radical (unpaired) electrons. The number of ether oxygens (including phenoxy) is 2. The molecule has 0 aliphatic heterocycles. The molecule has 0 bridgehead atoms. The Morgan fingerprint density at radius 2 is 1.89 bits per heavy atom. The zero-order valence-corrected chi connectivity index (χ0v) is 11.9. The normalized spacial score (nSPS) is 10.4. The van der Waals surface area contributed by atoms with Crippen LogP contribution in [0.15, 0.2) is 18.2 Å². The second kappa shape index (κ2) is 7.63. The van der Waals surface area contributed by atoms with Crippen molar-refractivity contribution in [1.82, 2.24) is 5.32 Å². The fourth-order valence-electron chi connectivity index (χ4n) is 1.61. The van der Waals surface area contributed by atoms with Gasteiger partial charge in [0.25, 0.3) is 0 Å². The van der Waals surface area contributed by atoms with Gasteiger partial charge in [0.15, 0.2) is 11.5 Å². The molecule has 0 aromatic heterocycles. The van der Waals surface area contributed by atoms with Gasteiger partial charge in [-0.15, -0.1) is 0 Å². The van der Waals surface area contributed by atoms with Gasteiger partial charge in [0, 0.05) is 30.8 Å². The number of nitrogens with one attached hydrogen (secondary N) is 2. The van der Waals surface area contributed by atoms with E-state index in [1.165, 1.54) is 0 Å². The Labute approximate surface area is 114 Å². The van der Waals surface area contributed by atoms with E-state index in [0.29, 0.717) is 36.2 Å². The van der Waals surface area contributed by atoms with E-state index in [-0.39, 0.29) is 5.91 Å². The predicted molar refractivity (Wildman–Crippen MR) is 75.9 cm³/mol. The summed E-state index contributed by atoms with van der Waals surface area (Å²) in [5, 5.41) is 6.02. The second-order valence-corrected chi connectivity index (χ2v) is 4.48. The number of benzene rings is 1. The lowest BCUT2D eigenvalue weighted by atomic mass is 10.2. The third-order valence-corrected chi connectivity index (χ3v) is 2.57. The molecule has 0 spiro atoms. The SMILES string of the molecule is COc1ccc(NC(=O)CCNC(C)C)cc1OC. The molecule has 0 aliphatic carbocycles. The maximum atomic E-state index is 11.7. The third-order valence-electron chi connectivity index (χ3n) is 2.57. The fraction of sp³-hybridized carbons (Fsp3) is 0.500. The molecule has 1 aromatic carbocycles. The molecule has 0 unspecified atom stereocenters. The standard InChI is InChI=1S/C14H22N2O3/c1-10(2)15-8-7-14(17)16-11-5-6-12(18-3)13(9-11)19-4/h5-6,9-10,15H,7-8H2,1-4H3,(H,16,17). The molecule has 1 aromatic rings. The van der Waals surface area contributed by atoms with Gasteiger partial charge in [-0.3, -0.25) is 4.79 Å². The number of methoxy groups -OCH3 is 2. The van der Waals surface area contributed by atoms with Crippen LogP contribution < -0.4 is 20.1 Å². The molecular weight excluding hydrogens is 244 g/mol. The van der Waals surface area contributed by atoms with Crippen LogP contribution in [-0.2, 0) is 4.79 Å². The summed E-state index contributed by atoms with van der Waals surface area (Å²) in [6.45, 7) is 4.76.